The number of aromatic amines is 1. The zero-order valence-corrected chi connectivity index (χ0v) is 17.1. The van der Waals surface area contributed by atoms with Crippen LogP contribution in [0.5, 0.6) is 0 Å². The number of rotatable bonds is 7. The molecular weight excluding hydrogens is 354 g/mol. The number of hydrogen-bond donors (Lipinski definition) is 2. The molecule has 3 nitrogen and oxygen atoms in total. The number of benzene rings is 2. The van der Waals surface area contributed by atoms with Crippen LogP contribution in [0.15, 0.2) is 73.7 Å². The van der Waals surface area contributed by atoms with Crippen LogP contribution in [-0.4, -0.2) is 9.97 Å². The van der Waals surface area contributed by atoms with Gasteiger partial charge >= 0.3 is 0 Å². The van der Waals surface area contributed by atoms with E-state index >= 15 is 0 Å². The SMILES string of the molecule is C=C(C)c1cccc2c(CCCc3ccc(Nc4ccncc4)cc3C)c[nH]c12. The summed E-state index contributed by atoms with van der Waals surface area (Å²) >= 11 is 0. The maximum absolute atomic E-state index is 4.10. The van der Waals surface area contributed by atoms with E-state index in [0.717, 1.165) is 36.2 Å². The molecule has 0 saturated heterocycles. The number of aromatic nitrogens is 2. The van der Waals surface area contributed by atoms with Crippen molar-refractivity contribution >= 4 is 27.9 Å². The molecule has 146 valence electrons. The third-order valence-corrected chi connectivity index (χ3v) is 5.46. The Morgan fingerprint density at radius 2 is 1.79 bits per heavy atom. The van der Waals surface area contributed by atoms with E-state index in [-0.39, 0.29) is 0 Å². The minimum absolute atomic E-state index is 1.06. The lowest BCUT2D eigenvalue weighted by Crippen LogP contribution is -1.96. The smallest absolute Gasteiger partial charge is 0.0532 e. The highest BCUT2D eigenvalue weighted by Crippen LogP contribution is 2.27. The Kier molecular flexibility index (Phi) is 5.48. The first kappa shape index (κ1) is 19.0. The summed E-state index contributed by atoms with van der Waals surface area (Å²) in [6.45, 7) is 8.35. The van der Waals surface area contributed by atoms with E-state index in [1.165, 1.54) is 33.2 Å². The molecule has 0 fully saturated rings. The van der Waals surface area contributed by atoms with E-state index < -0.39 is 0 Å². The first-order chi connectivity index (χ1) is 14.1. The molecule has 2 aromatic heterocycles. The van der Waals surface area contributed by atoms with Gasteiger partial charge in [0.25, 0.3) is 0 Å². The second kappa shape index (κ2) is 8.36. The van der Waals surface area contributed by atoms with Gasteiger partial charge in [0.15, 0.2) is 0 Å². The van der Waals surface area contributed by atoms with Gasteiger partial charge in [-0.15, -0.1) is 0 Å². The number of hydrogen-bond acceptors (Lipinski definition) is 2. The number of nitrogens with one attached hydrogen (secondary N) is 2. The average molecular weight is 382 g/mol. The summed E-state index contributed by atoms with van der Waals surface area (Å²) in [5.74, 6) is 0. The number of pyridine rings is 1. The van der Waals surface area contributed by atoms with E-state index in [9.17, 15) is 0 Å². The molecule has 0 amide bonds. The summed E-state index contributed by atoms with van der Waals surface area (Å²) in [6.07, 6.45) is 9.03. The molecule has 2 heterocycles. The van der Waals surface area contributed by atoms with E-state index in [0.29, 0.717) is 0 Å². The van der Waals surface area contributed by atoms with Crippen molar-refractivity contribution < 1.29 is 0 Å². The number of fused-ring (bicyclic) bond motifs is 1. The quantitative estimate of drug-likeness (QED) is 0.368. The van der Waals surface area contributed by atoms with Crippen molar-refractivity contribution in [3.05, 3.63) is 96.0 Å². The van der Waals surface area contributed by atoms with Crippen LogP contribution in [0.1, 0.15) is 35.6 Å². The summed E-state index contributed by atoms with van der Waals surface area (Å²) in [7, 11) is 0. The molecule has 0 spiro atoms. The molecular formula is C26H27N3. The summed E-state index contributed by atoms with van der Waals surface area (Å²) in [5.41, 5.74) is 9.80. The Labute approximate surface area is 172 Å². The Hall–Kier alpha value is -3.33. The number of para-hydroxylation sites is 1. The maximum Gasteiger partial charge on any atom is 0.0532 e. The van der Waals surface area contributed by atoms with Gasteiger partial charge in [0.1, 0.15) is 0 Å². The fourth-order valence-electron chi connectivity index (χ4n) is 3.90. The number of nitrogens with zero attached hydrogens (tertiary/aromatic N) is 1. The van der Waals surface area contributed by atoms with E-state index in [1.54, 1.807) is 12.4 Å². The second-order valence-electron chi connectivity index (χ2n) is 7.68. The van der Waals surface area contributed by atoms with Crippen molar-refractivity contribution in [2.45, 2.75) is 33.1 Å². The maximum atomic E-state index is 4.10. The average Bonchev–Trinajstić information content (AvgIpc) is 3.13. The van der Waals surface area contributed by atoms with Crippen LogP contribution in [0.25, 0.3) is 16.5 Å². The molecule has 4 rings (SSSR count). The lowest BCUT2D eigenvalue weighted by molar-refractivity contribution is 0.820. The standard InChI is InChI=1S/C26H27N3/c1-18(2)24-8-5-9-25-21(17-28-26(24)25)7-4-6-20-10-11-23(16-19(20)3)29-22-12-14-27-15-13-22/h5,8-17,28H,1,4,6-7H2,2-3H3,(H,27,29). The molecule has 29 heavy (non-hydrogen) atoms. The minimum atomic E-state index is 1.06. The van der Waals surface area contributed by atoms with E-state index in [1.807, 2.05) is 12.1 Å². The summed E-state index contributed by atoms with van der Waals surface area (Å²) in [5, 5.41) is 4.75. The Morgan fingerprint density at radius 1 is 1.00 bits per heavy atom. The van der Waals surface area contributed by atoms with Crippen LogP contribution in [0, 0.1) is 6.92 Å². The van der Waals surface area contributed by atoms with Gasteiger partial charge in [0, 0.05) is 40.9 Å². The Morgan fingerprint density at radius 3 is 2.55 bits per heavy atom. The lowest BCUT2D eigenvalue weighted by atomic mass is 9.98. The fraction of sp³-hybridized carbons (Fsp3) is 0.192. The molecule has 0 atom stereocenters. The molecule has 0 saturated carbocycles. The summed E-state index contributed by atoms with van der Waals surface area (Å²) in [4.78, 5) is 7.51. The third-order valence-electron chi connectivity index (χ3n) is 5.46. The highest BCUT2D eigenvalue weighted by Gasteiger charge is 2.08. The van der Waals surface area contributed by atoms with Gasteiger partial charge < -0.3 is 10.3 Å². The predicted octanol–water partition coefficient (Wildman–Crippen LogP) is 6.82. The predicted molar refractivity (Wildman–Crippen MR) is 124 cm³/mol. The molecule has 0 unspecified atom stereocenters. The van der Waals surface area contributed by atoms with Crippen LogP contribution in [0.4, 0.5) is 11.4 Å². The van der Waals surface area contributed by atoms with Crippen molar-refractivity contribution in [2.24, 2.45) is 0 Å². The zero-order valence-electron chi connectivity index (χ0n) is 17.1. The van der Waals surface area contributed by atoms with Crippen LogP contribution in [-0.2, 0) is 12.8 Å². The number of anilines is 2. The van der Waals surface area contributed by atoms with E-state index in [4.69, 9.17) is 0 Å². The highest BCUT2D eigenvalue weighted by atomic mass is 14.9. The monoisotopic (exact) mass is 381 g/mol. The van der Waals surface area contributed by atoms with Gasteiger partial charge in [-0.3, -0.25) is 4.98 Å². The van der Waals surface area contributed by atoms with Gasteiger partial charge in [-0.25, -0.2) is 0 Å². The fourth-order valence-corrected chi connectivity index (χ4v) is 3.90. The van der Waals surface area contributed by atoms with Crippen LogP contribution >= 0.6 is 0 Å². The summed E-state index contributed by atoms with van der Waals surface area (Å²) in [6, 6.07) is 17.0. The third kappa shape index (κ3) is 4.24. The molecule has 3 heteroatoms. The van der Waals surface area contributed by atoms with Crippen LogP contribution in [0.3, 0.4) is 0 Å². The number of allylic oxidation sites excluding steroid dienone is 1. The van der Waals surface area contributed by atoms with Gasteiger partial charge in [-0.2, -0.15) is 0 Å². The van der Waals surface area contributed by atoms with Crippen molar-refractivity contribution in [3.63, 3.8) is 0 Å². The first-order valence-electron chi connectivity index (χ1n) is 10.1. The summed E-state index contributed by atoms with van der Waals surface area (Å²) < 4.78 is 0. The Bertz CT molecular complexity index is 1140. The van der Waals surface area contributed by atoms with Gasteiger partial charge in [-0.05, 0) is 79.6 Å². The van der Waals surface area contributed by atoms with Crippen molar-refractivity contribution in [2.75, 3.05) is 5.32 Å². The lowest BCUT2D eigenvalue weighted by Gasteiger charge is -2.11. The number of H-pyrrole nitrogens is 1. The number of aryl methyl sites for hydroxylation is 3. The molecule has 0 aliphatic rings. The van der Waals surface area contributed by atoms with Crippen molar-refractivity contribution in [3.8, 4) is 0 Å². The normalized spacial score (nSPS) is 11.0. The molecule has 0 radical (unpaired) electrons. The Balaban J connectivity index is 1.41. The molecule has 2 aromatic carbocycles. The molecule has 2 N–H and O–H groups in total. The van der Waals surface area contributed by atoms with Gasteiger partial charge in [0.2, 0.25) is 0 Å². The zero-order chi connectivity index (χ0) is 20.2. The van der Waals surface area contributed by atoms with Gasteiger partial charge in [0.05, 0.1) is 5.52 Å². The van der Waals surface area contributed by atoms with Crippen LogP contribution < -0.4 is 5.32 Å². The first-order valence-corrected chi connectivity index (χ1v) is 10.1. The van der Waals surface area contributed by atoms with E-state index in [2.05, 4.69) is 78.3 Å². The largest absolute Gasteiger partial charge is 0.360 e. The minimum Gasteiger partial charge on any atom is -0.360 e. The van der Waals surface area contributed by atoms with Crippen LogP contribution in [0.2, 0.25) is 0 Å². The van der Waals surface area contributed by atoms with Gasteiger partial charge in [-0.1, -0.05) is 30.8 Å². The van der Waals surface area contributed by atoms with Crippen molar-refractivity contribution in [1.29, 1.82) is 0 Å². The molecule has 4 aromatic rings. The topological polar surface area (TPSA) is 40.7 Å². The van der Waals surface area contributed by atoms with Crippen molar-refractivity contribution in [1.82, 2.24) is 9.97 Å². The molecule has 0 aliphatic carbocycles. The second-order valence-corrected chi connectivity index (χ2v) is 7.68. The molecule has 0 aliphatic heterocycles. The highest BCUT2D eigenvalue weighted by molar-refractivity contribution is 5.92. The molecule has 0 bridgehead atoms.